The van der Waals surface area contributed by atoms with Crippen molar-refractivity contribution in [1.29, 1.82) is 0 Å². The van der Waals surface area contributed by atoms with E-state index >= 15 is 0 Å². The number of aliphatic imine (C=N–C) groups is 1. The zero-order chi connectivity index (χ0) is 51.9. The molecular formula is C51H64N10O9S2. The molecular weight excluding hydrogens is 961 g/mol. The number of H-pyrrole nitrogens is 1. The maximum absolute atomic E-state index is 14.8. The van der Waals surface area contributed by atoms with Crippen LogP contribution in [0.2, 0.25) is 0 Å². The molecule has 2 aromatic carbocycles. The molecule has 0 bridgehead atoms. The molecule has 0 spiro atoms. The lowest BCUT2D eigenvalue weighted by Crippen LogP contribution is -2.54. The van der Waals surface area contributed by atoms with Crippen molar-refractivity contribution in [1.82, 2.24) is 36.1 Å². The van der Waals surface area contributed by atoms with Crippen molar-refractivity contribution in [2.45, 2.75) is 115 Å². The molecule has 0 unspecified atom stereocenters. The second-order valence-corrected chi connectivity index (χ2v) is 21.0. The number of Topliss-reactive ketones (excluding diaryl/α,β-unsaturated/α-hetero) is 4. The molecule has 3 aromatic rings. The maximum Gasteiger partial charge on any atom is 0.325 e. The minimum Gasteiger partial charge on any atom is -0.370 e. The van der Waals surface area contributed by atoms with Crippen LogP contribution in [0.15, 0.2) is 78.2 Å². The molecule has 384 valence electrons. The van der Waals surface area contributed by atoms with Gasteiger partial charge in [0, 0.05) is 73.9 Å². The van der Waals surface area contributed by atoms with Gasteiger partial charge in [0.25, 0.3) is 5.91 Å². The summed E-state index contributed by atoms with van der Waals surface area (Å²) in [4.78, 5) is 139. The van der Waals surface area contributed by atoms with Crippen LogP contribution < -0.4 is 32.7 Å². The van der Waals surface area contributed by atoms with Crippen molar-refractivity contribution >= 4 is 85.9 Å². The van der Waals surface area contributed by atoms with E-state index in [4.69, 9.17) is 11.5 Å². The Morgan fingerprint density at radius 3 is 2.11 bits per heavy atom. The zero-order valence-electron chi connectivity index (χ0n) is 40.7. The van der Waals surface area contributed by atoms with Crippen LogP contribution in [-0.2, 0) is 57.6 Å². The number of hydrogen-bond donors (Lipinski definition) is 7. The summed E-state index contributed by atoms with van der Waals surface area (Å²) in [7, 11) is 2.29. The van der Waals surface area contributed by atoms with E-state index in [-0.39, 0.29) is 81.2 Å². The van der Waals surface area contributed by atoms with E-state index in [1.807, 2.05) is 36.4 Å². The number of nitrogens with one attached hydrogen (secondary N) is 5. The van der Waals surface area contributed by atoms with Crippen LogP contribution in [0.4, 0.5) is 4.79 Å². The summed E-state index contributed by atoms with van der Waals surface area (Å²) in [5.74, 6) is -7.50. The van der Waals surface area contributed by atoms with Gasteiger partial charge in [0.2, 0.25) is 17.7 Å². The van der Waals surface area contributed by atoms with Gasteiger partial charge in [0.15, 0.2) is 23.3 Å². The first kappa shape index (κ1) is 54.7. The van der Waals surface area contributed by atoms with Crippen LogP contribution in [-0.4, -0.2) is 122 Å². The van der Waals surface area contributed by atoms with Crippen molar-refractivity contribution < 1.29 is 43.2 Å². The molecule has 0 radical (unpaired) electrons. The number of imide groups is 1. The quantitative estimate of drug-likeness (QED) is 0.0426. The number of hydrogen-bond acceptors (Lipinski definition) is 13. The van der Waals surface area contributed by atoms with Gasteiger partial charge in [-0.25, -0.2) is 14.7 Å². The molecule has 2 aliphatic heterocycles. The molecule has 19 nitrogen and oxygen atoms in total. The van der Waals surface area contributed by atoms with E-state index in [0.717, 1.165) is 32.4 Å². The molecule has 6 amide bonds. The van der Waals surface area contributed by atoms with Crippen LogP contribution in [0.5, 0.6) is 0 Å². The summed E-state index contributed by atoms with van der Waals surface area (Å²) in [6.07, 6.45) is 5.37. The number of urea groups is 1. The summed E-state index contributed by atoms with van der Waals surface area (Å²) < 4.78 is 0. The van der Waals surface area contributed by atoms with E-state index in [9.17, 15) is 43.2 Å². The van der Waals surface area contributed by atoms with Gasteiger partial charge in [0.05, 0.1) is 30.4 Å². The second-order valence-electron chi connectivity index (χ2n) is 18.5. The van der Waals surface area contributed by atoms with E-state index < -0.39 is 101 Å². The number of rotatable bonds is 13. The lowest BCUT2D eigenvalue weighted by Gasteiger charge is -2.27. The average Bonchev–Trinajstić information content (AvgIpc) is 4.09. The summed E-state index contributed by atoms with van der Waals surface area (Å²) in [5.41, 5.74) is 15.3. The Balaban J connectivity index is 1.38. The van der Waals surface area contributed by atoms with Crippen molar-refractivity contribution in [3.8, 4) is 0 Å². The third-order valence-corrected chi connectivity index (χ3v) is 15.7. The number of aromatic amines is 1. The molecule has 9 N–H and O–H groups in total. The van der Waals surface area contributed by atoms with Crippen LogP contribution in [0.1, 0.15) is 88.1 Å². The average molecular weight is 1030 g/mol. The fourth-order valence-electron chi connectivity index (χ4n) is 9.01. The van der Waals surface area contributed by atoms with Crippen LogP contribution in [0.25, 0.3) is 5.57 Å². The highest BCUT2D eigenvalue weighted by molar-refractivity contribution is 8.76. The molecule has 3 heterocycles. The number of guanidine groups is 1. The molecule has 2 saturated heterocycles. The normalized spacial score (nSPS) is 25.4. The lowest BCUT2D eigenvalue weighted by molar-refractivity contribution is -0.137. The fraction of sp³-hybridized carbons (Fsp3) is 0.471. The van der Waals surface area contributed by atoms with Gasteiger partial charge in [-0.15, -0.1) is 0 Å². The zero-order valence-corrected chi connectivity index (χ0v) is 42.4. The Kier molecular flexibility index (Phi) is 19.9. The lowest BCUT2D eigenvalue weighted by atomic mass is 9.88. The number of benzene rings is 2. The van der Waals surface area contributed by atoms with Crippen molar-refractivity contribution in [3.63, 3.8) is 0 Å². The number of ketones is 4. The third kappa shape index (κ3) is 15.0. The Bertz CT molecular complexity index is 2530. The van der Waals surface area contributed by atoms with E-state index in [1.165, 1.54) is 37.2 Å². The molecule has 1 aromatic heterocycles. The second kappa shape index (κ2) is 26.2. The monoisotopic (exact) mass is 1020 g/mol. The minimum absolute atomic E-state index is 0.00472. The molecule has 3 aliphatic rings. The number of carbonyl (C=O) groups excluding carboxylic acids is 9. The highest BCUT2D eigenvalue weighted by atomic mass is 33.1. The summed E-state index contributed by atoms with van der Waals surface area (Å²) in [6, 6.07) is 10.2. The predicted molar refractivity (Wildman–Crippen MR) is 275 cm³/mol. The number of allylic oxidation sites excluding steroid dienone is 1. The topological polar surface area (TPSA) is 298 Å². The van der Waals surface area contributed by atoms with Crippen molar-refractivity contribution in [2.75, 3.05) is 18.1 Å². The fourth-order valence-corrected chi connectivity index (χ4v) is 11.6. The number of nitrogens with two attached hydrogens (primary N) is 2. The molecule has 1 aliphatic carbocycles. The number of imidazole rings is 1. The predicted octanol–water partition coefficient (Wildman–Crippen LogP) is 3.16. The Hall–Kier alpha value is -6.61. The van der Waals surface area contributed by atoms with Crippen molar-refractivity contribution in [3.05, 3.63) is 95.6 Å². The van der Waals surface area contributed by atoms with Crippen molar-refractivity contribution in [2.24, 2.45) is 34.2 Å². The Morgan fingerprint density at radius 1 is 0.764 bits per heavy atom. The Labute approximate surface area is 426 Å². The van der Waals surface area contributed by atoms with Crippen LogP contribution in [0, 0.1) is 17.8 Å². The van der Waals surface area contributed by atoms with Gasteiger partial charge < -0.3 is 37.7 Å². The molecule has 72 heavy (non-hydrogen) atoms. The number of aromatic nitrogens is 2. The third-order valence-electron chi connectivity index (χ3n) is 13.2. The highest BCUT2D eigenvalue weighted by Gasteiger charge is 2.45. The number of amides is 6. The van der Waals surface area contributed by atoms with Gasteiger partial charge in [-0.2, -0.15) is 0 Å². The number of fused-ring (bicyclic) bond motifs is 1. The van der Waals surface area contributed by atoms with E-state index in [1.54, 1.807) is 31.2 Å². The van der Waals surface area contributed by atoms with Crippen LogP contribution in [0.3, 0.4) is 0 Å². The highest BCUT2D eigenvalue weighted by Crippen LogP contribution is 2.33. The van der Waals surface area contributed by atoms with E-state index in [2.05, 4.69) is 36.2 Å². The largest absolute Gasteiger partial charge is 0.370 e. The first-order chi connectivity index (χ1) is 34.5. The van der Waals surface area contributed by atoms with Gasteiger partial charge >= 0.3 is 6.03 Å². The Morgan fingerprint density at radius 2 is 1.43 bits per heavy atom. The summed E-state index contributed by atoms with van der Waals surface area (Å²) in [5, 5.41) is 11.2. The standard InChI is InChI=1S/C51H64N10O9S2/c1-4-39-49(69)61(51(70)60-39)42-27-72-71-26-36(30(3)62)24-45(65)41(21-33-17-16-32-13-8-9-15-38(32)33)59-46(66)34(14-10-18-55-50(52)53)22-44(64)40(19-31-11-6-5-7-12-31)58-47(67)35(20-37-25-54-28-56-37)23-43(63)29(2)57-48(42)68/h5-9,11-13,15,17,25,28-29,34-36,39-42H,4,10,14,16,18-24,26-27H2,1-3H3,(H,54,56)(H,57,68)(H,58,67)(H,59,66)(H,60,70)(H4,52,53,55)/t29-,34-,35-,36+,39+,40-,41+,42+/m1/s1. The van der Waals surface area contributed by atoms with Gasteiger partial charge in [-0.05, 0) is 68.2 Å². The summed E-state index contributed by atoms with van der Waals surface area (Å²) >= 11 is 0. The first-order valence-electron chi connectivity index (χ1n) is 24.2. The number of nitrogens with zero attached hydrogens (tertiary/aromatic N) is 3. The van der Waals surface area contributed by atoms with Crippen LogP contribution >= 0.6 is 21.6 Å². The first-order valence-corrected chi connectivity index (χ1v) is 26.7. The van der Waals surface area contributed by atoms with E-state index in [0.29, 0.717) is 17.7 Å². The van der Waals surface area contributed by atoms with Gasteiger partial charge in [-0.3, -0.25) is 43.3 Å². The smallest absolute Gasteiger partial charge is 0.325 e. The molecule has 0 saturated carbocycles. The van der Waals surface area contributed by atoms with Gasteiger partial charge in [-0.1, -0.05) is 89.2 Å². The maximum atomic E-state index is 14.8. The van der Waals surface area contributed by atoms with Gasteiger partial charge in [0.1, 0.15) is 17.9 Å². The SMILES string of the molecule is CC[C@@H]1NC(=O)N([C@H]2CSSC[C@@H](C(C)=O)CC(=O)[C@H](CC3=CCc4ccccc43)NC(=O)[C@H](CCCN=C(N)N)CC(=O)[C@@H](Cc3ccccc3)NC(=O)[C@H](Cc3cnc[nH]3)CC(=O)[C@@H](C)NC2=O)C1=O. The molecule has 2 fully saturated rings. The molecule has 8 atom stereocenters. The molecule has 6 rings (SSSR count). The number of carbonyl (C=O) groups is 9. The minimum atomic E-state index is -1.38. The summed E-state index contributed by atoms with van der Waals surface area (Å²) in [6.45, 7) is 4.67. The molecule has 21 heteroatoms.